The Morgan fingerprint density at radius 2 is 2.00 bits per heavy atom. The first kappa shape index (κ1) is 7.40. The van der Waals surface area contributed by atoms with Gasteiger partial charge in [0.15, 0.2) is 0 Å². The molecule has 0 bridgehead atoms. The number of rotatable bonds is 2. The van der Waals surface area contributed by atoms with E-state index in [2.05, 4.69) is 6.92 Å². The van der Waals surface area contributed by atoms with Crippen molar-refractivity contribution < 1.29 is 0 Å². The predicted molar refractivity (Wildman–Crippen MR) is 41.6 cm³/mol. The molecule has 1 fully saturated rings. The standard InChI is InChI=1S/C8H14Cl/c1-2-8(9)7-5-3-4-6-7/h7-8H,1-6H2. The molecule has 0 amide bonds. The molecule has 0 heterocycles. The van der Waals surface area contributed by atoms with Crippen LogP contribution in [0.4, 0.5) is 0 Å². The van der Waals surface area contributed by atoms with Gasteiger partial charge in [-0.3, -0.25) is 0 Å². The molecule has 0 spiro atoms. The highest BCUT2D eigenvalue weighted by Gasteiger charge is 2.21. The van der Waals surface area contributed by atoms with Crippen LogP contribution in [0.2, 0.25) is 0 Å². The monoisotopic (exact) mass is 145 g/mol. The lowest BCUT2D eigenvalue weighted by Crippen LogP contribution is -2.09. The highest BCUT2D eigenvalue weighted by Crippen LogP contribution is 2.31. The lowest BCUT2D eigenvalue weighted by molar-refractivity contribution is 0.516. The van der Waals surface area contributed by atoms with E-state index in [0.717, 1.165) is 12.3 Å². The maximum atomic E-state index is 6.01. The summed E-state index contributed by atoms with van der Waals surface area (Å²) in [6, 6.07) is 0. The molecule has 0 N–H and O–H groups in total. The Kier molecular flexibility index (Phi) is 2.84. The third kappa shape index (κ3) is 1.86. The average molecular weight is 146 g/mol. The van der Waals surface area contributed by atoms with Gasteiger partial charge in [-0.25, -0.2) is 0 Å². The van der Waals surface area contributed by atoms with Gasteiger partial charge in [-0.2, -0.15) is 0 Å². The molecule has 1 rings (SSSR count). The van der Waals surface area contributed by atoms with Crippen LogP contribution >= 0.6 is 11.6 Å². The van der Waals surface area contributed by atoms with Gasteiger partial charge in [-0.1, -0.05) is 19.8 Å². The molecule has 0 aromatic rings. The normalized spacial score (nSPS) is 24.7. The van der Waals surface area contributed by atoms with E-state index in [0.29, 0.717) is 5.38 Å². The Hall–Kier alpha value is 0.290. The Balaban J connectivity index is 2.24. The largest absolute Gasteiger partial charge is 0.123 e. The first-order valence-electron chi connectivity index (χ1n) is 3.78. The molecule has 0 saturated heterocycles. The van der Waals surface area contributed by atoms with Crippen molar-refractivity contribution in [3.63, 3.8) is 0 Å². The molecule has 1 saturated carbocycles. The summed E-state index contributed by atoms with van der Waals surface area (Å²) in [6.07, 6.45) is 6.33. The van der Waals surface area contributed by atoms with Gasteiger partial charge >= 0.3 is 0 Å². The second-order valence-electron chi connectivity index (χ2n) is 2.85. The SMILES string of the molecule is [CH2]CC(Cl)C1CCCC1. The third-order valence-electron chi connectivity index (χ3n) is 2.19. The van der Waals surface area contributed by atoms with Gasteiger partial charge in [0.2, 0.25) is 0 Å². The third-order valence-corrected chi connectivity index (χ3v) is 2.76. The Morgan fingerprint density at radius 1 is 1.44 bits per heavy atom. The Labute approximate surface area is 62.6 Å². The number of hydrogen-bond donors (Lipinski definition) is 0. The van der Waals surface area contributed by atoms with Crippen molar-refractivity contribution in [3.05, 3.63) is 6.92 Å². The van der Waals surface area contributed by atoms with E-state index < -0.39 is 0 Å². The quantitative estimate of drug-likeness (QED) is 0.524. The van der Waals surface area contributed by atoms with Gasteiger partial charge < -0.3 is 0 Å². The van der Waals surface area contributed by atoms with Crippen molar-refractivity contribution in [2.75, 3.05) is 0 Å². The van der Waals surface area contributed by atoms with E-state index in [1.165, 1.54) is 25.7 Å². The molecule has 1 unspecified atom stereocenters. The van der Waals surface area contributed by atoms with Crippen molar-refractivity contribution >= 4 is 11.6 Å². The highest BCUT2D eigenvalue weighted by atomic mass is 35.5. The summed E-state index contributed by atoms with van der Waals surface area (Å²) in [7, 11) is 0. The van der Waals surface area contributed by atoms with E-state index in [9.17, 15) is 0 Å². The van der Waals surface area contributed by atoms with Crippen LogP contribution < -0.4 is 0 Å². The van der Waals surface area contributed by atoms with Gasteiger partial charge in [0.1, 0.15) is 0 Å². The average Bonchev–Trinajstić information content (AvgIpc) is 2.37. The van der Waals surface area contributed by atoms with Gasteiger partial charge in [0.05, 0.1) is 0 Å². The maximum Gasteiger partial charge on any atom is 0.0364 e. The molecule has 1 radical (unpaired) electrons. The van der Waals surface area contributed by atoms with Crippen LogP contribution in [0.3, 0.4) is 0 Å². The van der Waals surface area contributed by atoms with Crippen molar-refractivity contribution in [1.82, 2.24) is 0 Å². The fourth-order valence-electron chi connectivity index (χ4n) is 1.55. The summed E-state index contributed by atoms with van der Waals surface area (Å²) in [6.45, 7) is 3.80. The minimum Gasteiger partial charge on any atom is -0.123 e. The first-order chi connectivity index (χ1) is 4.34. The van der Waals surface area contributed by atoms with Crippen LogP contribution in [-0.2, 0) is 0 Å². The Morgan fingerprint density at radius 3 is 2.44 bits per heavy atom. The van der Waals surface area contributed by atoms with Gasteiger partial charge in [0.25, 0.3) is 0 Å². The van der Waals surface area contributed by atoms with Gasteiger partial charge in [-0.15, -0.1) is 11.6 Å². The molecule has 0 nitrogen and oxygen atoms in total. The molecule has 1 aliphatic rings. The molecule has 1 atom stereocenters. The summed E-state index contributed by atoms with van der Waals surface area (Å²) in [5, 5.41) is 0.354. The molecule has 0 aliphatic heterocycles. The van der Waals surface area contributed by atoms with E-state index in [1.807, 2.05) is 0 Å². The lowest BCUT2D eigenvalue weighted by atomic mass is 10.0. The molecular weight excluding hydrogens is 132 g/mol. The minimum absolute atomic E-state index is 0.354. The van der Waals surface area contributed by atoms with E-state index in [4.69, 9.17) is 11.6 Å². The van der Waals surface area contributed by atoms with Crippen molar-refractivity contribution in [2.24, 2.45) is 5.92 Å². The maximum absolute atomic E-state index is 6.01. The summed E-state index contributed by atoms with van der Waals surface area (Å²) in [4.78, 5) is 0. The van der Waals surface area contributed by atoms with Crippen LogP contribution in [0, 0.1) is 12.8 Å². The van der Waals surface area contributed by atoms with Crippen molar-refractivity contribution in [3.8, 4) is 0 Å². The van der Waals surface area contributed by atoms with Crippen LogP contribution in [-0.4, -0.2) is 5.38 Å². The molecule has 1 heteroatoms. The highest BCUT2D eigenvalue weighted by molar-refractivity contribution is 6.20. The van der Waals surface area contributed by atoms with Crippen LogP contribution in [0.5, 0.6) is 0 Å². The molecule has 0 aromatic heterocycles. The van der Waals surface area contributed by atoms with E-state index in [-0.39, 0.29) is 0 Å². The number of alkyl halides is 1. The number of hydrogen-bond acceptors (Lipinski definition) is 0. The molecule has 9 heavy (non-hydrogen) atoms. The minimum atomic E-state index is 0.354. The zero-order valence-corrected chi connectivity index (χ0v) is 6.53. The molecular formula is C8H14Cl. The second-order valence-corrected chi connectivity index (χ2v) is 3.41. The fourth-order valence-corrected chi connectivity index (χ4v) is 1.81. The lowest BCUT2D eigenvalue weighted by Gasteiger charge is -2.13. The first-order valence-corrected chi connectivity index (χ1v) is 4.21. The van der Waals surface area contributed by atoms with Crippen LogP contribution in [0.15, 0.2) is 0 Å². The summed E-state index contributed by atoms with van der Waals surface area (Å²) < 4.78 is 0. The van der Waals surface area contributed by atoms with E-state index in [1.54, 1.807) is 0 Å². The Bertz CT molecular complexity index is 74.6. The van der Waals surface area contributed by atoms with Gasteiger partial charge in [-0.05, 0) is 25.2 Å². The zero-order chi connectivity index (χ0) is 6.69. The smallest absolute Gasteiger partial charge is 0.0364 e. The molecule has 53 valence electrons. The number of halogens is 1. The second kappa shape index (κ2) is 3.46. The van der Waals surface area contributed by atoms with E-state index >= 15 is 0 Å². The summed E-state index contributed by atoms with van der Waals surface area (Å²) in [5.74, 6) is 0.782. The summed E-state index contributed by atoms with van der Waals surface area (Å²) >= 11 is 6.01. The van der Waals surface area contributed by atoms with Gasteiger partial charge in [0, 0.05) is 5.38 Å². The fraction of sp³-hybridized carbons (Fsp3) is 0.875. The molecule has 0 aromatic carbocycles. The van der Waals surface area contributed by atoms with Crippen molar-refractivity contribution in [2.45, 2.75) is 37.5 Å². The zero-order valence-electron chi connectivity index (χ0n) is 5.78. The predicted octanol–water partition coefficient (Wildman–Crippen LogP) is 3.01. The molecule has 1 aliphatic carbocycles. The van der Waals surface area contributed by atoms with Crippen LogP contribution in [0.25, 0.3) is 0 Å². The van der Waals surface area contributed by atoms with Crippen molar-refractivity contribution in [1.29, 1.82) is 0 Å². The van der Waals surface area contributed by atoms with Crippen LogP contribution in [0.1, 0.15) is 32.1 Å². The topological polar surface area (TPSA) is 0 Å². The summed E-state index contributed by atoms with van der Waals surface area (Å²) in [5.41, 5.74) is 0.